The maximum atomic E-state index is 11.7. The number of ether oxygens (including phenoxy) is 1. The summed E-state index contributed by atoms with van der Waals surface area (Å²) in [5.41, 5.74) is 0.949. The van der Waals surface area contributed by atoms with E-state index < -0.39 is 6.67 Å². The highest BCUT2D eigenvalue weighted by Gasteiger charge is 1.99. The number of aryl methyl sites for hydroxylation is 1. The Labute approximate surface area is 78.9 Å². The molecule has 0 aliphatic rings. The van der Waals surface area contributed by atoms with Gasteiger partial charge in [-0.1, -0.05) is 0 Å². The topological polar surface area (TPSA) is 22.1 Å². The van der Waals surface area contributed by atoms with Crippen LogP contribution < -0.4 is 4.74 Å². The lowest BCUT2D eigenvalue weighted by atomic mass is 10.3. The predicted molar refractivity (Wildman–Crippen MR) is 48.1 cm³/mol. The molecular formula is C8H9BrFNO. The van der Waals surface area contributed by atoms with Crippen molar-refractivity contribution >= 4 is 15.9 Å². The predicted octanol–water partition coefficient (Wildman–Crippen LogP) is 2.50. The molecule has 1 rings (SSSR count). The van der Waals surface area contributed by atoms with E-state index in [-0.39, 0.29) is 6.61 Å². The van der Waals surface area contributed by atoms with Gasteiger partial charge in [0.05, 0.1) is 6.20 Å². The number of pyridine rings is 1. The summed E-state index contributed by atoms with van der Waals surface area (Å²) in [6.07, 6.45) is 1.58. The van der Waals surface area contributed by atoms with E-state index in [0.29, 0.717) is 5.75 Å². The summed E-state index contributed by atoms with van der Waals surface area (Å²) in [7, 11) is 0. The third-order valence-electron chi connectivity index (χ3n) is 1.36. The molecule has 0 amide bonds. The Morgan fingerprint density at radius 3 is 3.00 bits per heavy atom. The highest BCUT2D eigenvalue weighted by molar-refractivity contribution is 9.10. The van der Waals surface area contributed by atoms with Gasteiger partial charge in [0, 0.05) is 0 Å². The summed E-state index contributed by atoms with van der Waals surface area (Å²) in [5.74, 6) is 0.635. The van der Waals surface area contributed by atoms with Gasteiger partial charge in [0.15, 0.2) is 0 Å². The maximum Gasteiger partial charge on any atom is 0.140 e. The first-order valence-electron chi connectivity index (χ1n) is 3.55. The standard InChI is InChI=1S/C8H9BrFNO/c1-6-4-8(9)11-5-7(6)12-3-2-10/h4-5H,2-3H2,1H3. The third-order valence-corrected chi connectivity index (χ3v) is 1.80. The van der Waals surface area contributed by atoms with Gasteiger partial charge < -0.3 is 4.74 Å². The van der Waals surface area contributed by atoms with E-state index in [0.717, 1.165) is 10.2 Å². The van der Waals surface area contributed by atoms with Crippen molar-refractivity contribution in [2.75, 3.05) is 13.3 Å². The second-order valence-electron chi connectivity index (χ2n) is 2.31. The van der Waals surface area contributed by atoms with Crippen LogP contribution in [0.25, 0.3) is 0 Å². The average molecular weight is 234 g/mol. The van der Waals surface area contributed by atoms with E-state index in [1.165, 1.54) is 0 Å². The summed E-state index contributed by atoms with van der Waals surface area (Å²) in [4.78, 5) is 3.96. The molecule has 2 nitrogen and oxygen atoms in total. The molecule has 0 fully saturated rings. The molecule has 4 heteroatoms. The maximum absolute atomic E-state index is 11.7. The Morgan fingerprint density at radius 2 is 2.42 bits per heavy atom. The van der Waals surface area contributed by atoms with Gasteiger partial charge in [-0.05, 0) is 34.5 Å². The number of nitrogens with zero attached hydrogens (tertiary/aromatic N) is 1. The van der Waals surface area contributed by atoms with Crippen molar-refractivity contribution in [3.63, 3.8) is 0 Å². The SMILES string of the molecule is Cc1cc(Br)ncc1OCCF. The van der Waals surface area contributed by atoms with Gasteiger partial charge in [-0.15, -0.1) is 0 Å². The second kappa shape index (κ2) is 4.40. The minimum absolute atomic E-state index is 0.0875. The molecule has 0 spiro atoms. The van der Waals surface area contributed by atoms with Gasteiger partial charge in [0.1, 0.15) is 23.6 Å². The van der Waals surface area contributed by atoms with Crippen molar-refractivity contribution in [3.05, 3.63) is 22.4 Å². The number of hydrogen-bond donors (Lipinski definition) is 0. The largest absolute Gasteiger partial charge is 0.489 e. The van der Waals surface area contributed by atoms with Crippen molar-refractivity contribution in [1.82, 2.24) is 4.98 Å². The van der Waals surface area contributed by atoms with Crippen LogP contribution in [0.4, 0.5) is 4.39 Å². The molecule has 0 aromatic carbocycles. The Hall–Kier alpha value is -0.640. The van der Waals surface area contributed by atoms with Gasteiger partial charge >= 0.3 is 0 Å². The van der Waals surface area contributed by atoms with Crippen LogP contribution in [0.5, 0.6) is 5.75 Å². The fourth-order valence-corrected chi connectivity index (χ4v) is 1.25. The second-order valence-corrected chi connectivity index (χ2v) is 3.12. The number of alkyl halides is 1. The van der Waals surface area contributed by atoms with Crippen LogP contribution in [-0.2, 0) is 0 Å². The molecule has 0 aliphatic carbocycles. The van der Waals surface area contributed by atoms with E-state index >= 15 is 0 Å². The van der Waals surface area contributed by atoms with Gasteiger partial charge in [-0.2, -0.15) is 0 Å². The quantitative estimate of drug-likeness (QED) is 0.749. The molecule has 12 heavy (non-hydrogen) atoms. The van der Waals surface area contributed by atoms with Crippen molar-refractivity contribution in [3.8, 4) is 5.75 Å². The summed E-state index contributed by atoms with van der Waals surface area (Å²) < 4.78 is 17.6. The fraction of sp³-hybridized carbons (Fsp3) is 0.375. The van der Waals surface area contributed by atoms with E-state index in [9.17, 15) is 4.39 Å². The molecule has 0 saturated heterocycles. The summed E-state index contributed by atoms with van der Waals surface area (Å²) in [5, 5.41) is 0. The Bertz CT molecular complexity index is 267. The lowest BCUT2D eigenvalue weighted by Gasteiger charge is -2.05. The van der Waals surface area contributed by atoms with E-state index in [1.807, 2.05) is 13.0 Å². The monoisotopic (exact) mass is 233 g/mol. The van der Waals surface area contributed by atoms with Crippen molar-refractivity contribution in [1.29, 1.82) is 0 Å². The van der Waals surface area contributed by atoms with Crippen LogP contribution in [0.15, 0.2) is 16.9 Å². The lowest BCUT2D eigenvalue weighted by Crippen LogP contribution is -2.00. The van der Waals surface area contributed by atoms with E-state index in [1.54, 1.807) is 6.20 Å². The average Bonchev–Trinajstić information content (AvgIpc) is 2.03. The van der Waals surface area contributed by atoms with Crippen LogP contribution in [0.3, 0.4) is 0 Å². The van der Waals surface area contributed by atoms with Gasteiger partial charge in [0.25, 0.3) is 0 Å². The smallest absolute Gasteiger partial charge is 0.140 e. The zero-order valence-corrected chi connectivity index (χ0v) is 8.27. The number of halogens is 2. The molecule has 66 valence electrons. The summed E-state index contributed by atoms with van der Waals surface area (Å²) >= 11 is 3.22. The van der Waals surface area contributed by atoms with Crippen LogP contribution in [-0.4, -0.2) is 18.3 Å². The first-order chi connectivity index (χ1) is 5.74. The van der Waals surface area contributed by atoms with Crippen molar-refractivity contribution in [2.24, 2.45) is 0 Å². The zero-order chi connectivity index (χ0) is 8.97. The van der Waals surface area contributed by atoms with Gasteiger partial charge in [-0.25, -0.2) is 9.37 Å². The molecule has 1 heterocycles. The number of rotatable bonds is 3. The van der Waals surface area contributed by atoms with Gasteiger partial charge in [-0.3, -0.25) is 0 Å². The molecule has 0 radical (unpaired) electrons. The molecule has 0 unspecified atom stereocenters. The van der Waals surface area contributed by atoms with Crippen LogP contribution >= 0.6 is 15.9 Å². The first kappa shape index (κ1) is 9.45. The summed E-state index contributed by atoms with van der Waals surface area (Å²) in [6.45, 7) is 1.50. The molecule has 0 aliphatic heterocycles. The van der Waals surface area contributed by atoms with Gasteiger partial charge in [0.2, 0.25) is 0 Å². The van der Waals surface area contributed by atoms with Crippen molar-refractivity contribution < 1.29 is 9.13 Å². The molecular weight excluding hydrogens is 225 g/mol. The van der Waals surface area contributed by atoms with Crippen molar-refractivity contribution in [2.45, 2.75) is 6.92 Å². The first-order valence-corrected chi connectivity index (χ1v) is 4.34. The van der Waals surface area contributed by atoms with Crippen LogP contribution in [0.1, 0.15) is 5.56 Å². The lowest BCUT2D eigenvalue weighted by molar-refractivity contribution is 0.271. The fourth-order valence-electron chi connectivity index (χ4n) is 0.809. The molecule has 1 aromatic heterocycles. The van der Waals surface area contributed by atoms with Crippen LogP contribution in [0, 0.1) is 6.92 Å². The highest BCUT2D eigenvalue weighted by atomic mass is 79.9. The Balaban J connectivity index is 2.72. The normalized spacial score (nSPS) is 9.92. The van der Waals surface area contributed by atoms with E-state index in [2.05, 4.69) is 20.9 Å². The molecule has 1 aromatic rings. The third kappa shape index (κ3) is 2.44. The molecule has 0 bridgehead atoms. The minimum Gasteiger partial charge on any atom is -0.489 e. The Morgan fingerprint density at radius 1 is 1.67 bits per heavy atom. The summed E-state index contributed by atoms with van der Waals surface area (Å²) in [6, 6.07) is 1.83. The molecule has 0 atom stereocenters. The zero-order valence-electron chi connectivity index (χ0n) is 6.68. The molecule has 0 N–H and O–H groups in total. The number of hydrogen-bond acceptors (Lipinski definition) is 2. The molecule has 0 saturated carbocycles. The Kier molecular flexibility index (Phi) is 3.47. The van der Waals surface area contributed by atoms with Crippen LogP contribution in [0.2, 0.25) is 0 Å². The van der Waals surface area contributed by atoms with E-state index in [4.69, 9.17) is 4.74 Å². The highest BCUT2D eigenvalue weighted by Crippen LogP contribution is 2.19. The minimum atomic E-state index is -0.477. The number of aromatic nitrogens is 1.